The Kier molecular flexibility index (Phi) is 3.10. The number of hydrogen-bond donors (Lipinski definition) is 0. The highest BCUT2D eigenvalue weighted by Crippen LogP contribution is 2.23. The smallest absolute Gasteiger partial charge is 0.180 e. The highest BCUT2D eigenvalue weighted by Gasteiger charge is 2.27. The van der Waals surface area contributed by atoms with E-state index in [4.69, 9.17) is 9.47 Å². The molecule has 1 aromatic rings. The van der Waals surface area contributed by atoms with Gasteiger partial charge in [0, 0.05) is 0 Å². The molecule has 1 atom stereocenters. The molecule has 1 unspecified atom stereocenters. The Balaban J connectivity index is 2.06. The van der Waals surface area contributed by atoms with E-state index in [0.29, 0.717) is 13.2 Å². The number of rotatable bonds is 4. The van der Waals surface area contributed by atoms with Gasteiger partial charge >= 0.3 is 0 Å². The van der Waals surface area contributed by atoms with Crippen molar-refractivity contribution >= 4 is 0 Å². The first-order valence-electron chi connectivity index (χ1n) is 4.99. The van der Waals surface area contributed by atoms with Crippen LogP contribution in [0.25, 0.3) is 0 Å². The van der Waals surface area contributed by atoms with Crippen LogP contribution in [0, 0.1) is 0 Å². The minimum Gasteiger partial charge on any atom is -0.348 e. The van der Waals surface area contributed by atoms with Crippen LogP contribution < -0.4 is 0 Å². The van der Waals surface area contributed by atoms with Gasteiger partial charge in [-0.25, -0.2) is 9.67 Å². The summed E-state index contributed by atoms with van der Waals surface area (Å²) in [4.78, 5) is 3.94. The van der Waals surface area contributed by atoms with E-state index < -0.39 is 0 Å². The fraction of sp³-hybridized carbons (Fsp3) is 0.778. The molecule has 2 rings (SSSR count). The molecule has 0 amide bonds. The van der Waals surface area contributed by atoms with Crippen LogP contribution in [0.5, 0.6) is 0 Å². The van der Waals surface area contributed by atoms with Crippen molar-refractivity contribution in [3.8, 4) is 0 Å². The first-order valence-corrected chi connectivity index (χ1v) is 4.99. The molecule has 0 aliphatic carbocycles. The second-order valence-corrected chi connectivity index (χ2v) is 3.34. The van der Waals surface area contributed by atoms with E-state index in [2.05, 4.69) is 17.0 Å². The van der Waals surface area contributed by atoms with Crippen molar-refractivity contribution in [2.24, 2.45) is 0 Å². The predicted octanol–water partition coefficient (Wildman–Crippen LogP) is 0.992. The summed E-state index contributed by atoms with van der Waals surface area (Å²) >= 11 is 0. The van der Waals surface area contributed by atoms with Crippen molar-refractivity contribution in [2.75, 3.05) is 13.2 Å². The van der Waals surface area contributed by atoms with Gasteiger partial charge in [-0.05, 0) is 6.42 Å². The summed E-state index contributed by atoms with van der Waals surface area (Å²) in [6.45, 7) is 3.50. The third kappa shape index (κ3) is 1.93. The topological polar surface area (TPSA) is 49.2 Å². The van der Waals surface area contributed by atoms with Gasteiger partial charge in [0.05, 0.1) is 13.2 Å². The first kappa shape index (κ1) is 9.61. The van der Waals surface area contributed by atoms with Gasteiger partial charge in [0.15, 0.2) is 6.29 Å². The van der Waals surface area contributed by atoms with Crippen LogP contribution in [0.4, 0.5) is 0 Å². The normalized spacial score (nSPS) is 20.1. The lowest BCUT2D eigenvalue weighted by atomic mass is 10.1. The summed E-state index contributed by atoms with van der Waals surface area (Å²) in [7, 11) is 0. The van der Waals surface area contributed by atoms with Crippen molar-refractivity contribution in [3.63, 3.8) is 0 Å². The molecular formula is C9H15N3O2. The summed E-state index contributed by atoms with van der Waals surface area (Å²) in [6.07, 6.45) is 5.17. The SMILES string of the molecule is CCCC(C1OCCO1)n1cncn1. The fourth-order valence-electron chi connectivity index (χ4n) is 1.68. The Morgan fingerprint density at radius 3 is 2.86 bits per heavy atom. The average Bonchev–Trinajstić information content (AvgIpc) is 2.87. The monoisotopic (exact) mass is 197 g/mol. The van der Waals surface area contributed by atoms with Crippen molar-refractivity contribution in [1.82, 2.24) is 14.8 Å². The van der Waals surface area contributed by atoms with E-state index in [-0.39, 0.29) is 12.3 Å². The van der Waals surface area contributed by atoms with Crippen LogP contribution in [0.1, 0.15) is 25.8 Å². The number of ether oxygens (including phenoxy) is 2. The standard InChI is InChI=1S/C9H15N3O2/c1-2-3-8(9-13-4-5-14-9)12-7-10-6-11-12/h6-9H,2-5H2,1H3. The summed E-state index contributed by atoms with van der Waals surface area (Å²) < 4.78 is 12.8. The fourth-order valence-corrected chi connectivity index (χ4v) is 1.68. The molecule has 0 spiro atoms. The minimum atomic E-state index is -0.156. The zero-order chi connectivity index (χ0) is 9.80. The van der Waals surface area contributed by atoms with Crippen molar-refractivity contribution < 1.29 is 9.47 Å². The number of aromatic nitrogens is 3. The van der Waals surface area contributed by atoms with E-state index in [1.807, 2.05) is 4.68 Å². The lowest BCUT2D eigenvalue weighted by molar-refractivity contribution is -0.0830. The first-order chi connectivity index (χ1) is 6.92. The second-order valence-electron chi connectivity index (χ2n) is 3.34. The molecule has 2 heterocycles. The molecule has 78 valence electrons. The lowest BCUT2D eigenvalue weighted by Gasteiger charge is -2.21. The van der Waals surface area contributed by atoms with E-state index in [0.717, 1.165) is 12.8 Å². The van der Waals surface area contributed by atoms with Gasteiger partial charge in [0.1, 0.15) is 18.7 Å². The molecule has 14 heavy (non-hydrogen) atoms. The van der Waals surface area contributed by atoms with Crippen LogP contribution in [0.3, 0.4) is 0 Å². The minimum absolute atomic E-state index is 0.156. The van der Waals surface area contributed by atoms with Gasteiger partial charge in [-0.15, -0.1) is 0 Å². The van der Waals surface area contributed by atoms with Crippen molar-refractivity contribution in [1.29, 1.82) is 0 Å². The molecule has 0 bridgehead atoms. The van der Waals surface area contributed by atoms with E-state index in [9.17, 15) is 0 Å². The van der Waals surface area contributed by atoms with Crippen molar-refractivity contribution in [2.45, 2.75) is 32.1 Å². The molecular weight excluding hydrogens is 182 g/mol. The van der Waals surface area contributed by atoms with Crippen molar-refractivity contribution in [3.05, 3.63) is 12.7 Å². The van der Waals surface area contributed by atoms with Gasteiger partial charge in [0.25, 0.3) is 0 Å². The molecule has 0 saturated carbocycles. The molecule has 1 aliphatic heterocycles. The molecule has 0 radical (unpaired) electrons. The van der Waals surface area contributed by atoms with Gasteiger partial charge < -0.3 is 9.47 Å². The Morgan fingerprint density at radius 1 is 1.50 bits per heavy atom. The Labute approximate surface area is 83.0 Å². The van der Waals surface area contributed by atoms with Crippen LogP contribution in [0.15, 0.2) is 12.7 Å². The average molecular weight is 197 g/mol. The van der Waals surface area contributed by atoms with E-state index in [1.54, 1.807) is 6.33 Å². The highest BCUT2D eigenvalue weighted by atomic mass is 16.7. The zero-order valence-corrected chi connectivity index (χ0v) is 8.30. The largest absolute Gasteiger partial charge is 0.348 e. The summed E-state index contributed by atoms with van der Waals surface area (Å²) in [5, 5.41) is 4.13. The Bertz CT molecular complexity index is 257. The lowest BCUT2D eigenvalue weighted by Crippen LogP contribution is -2.25. The van der Waals surface area contributed by atoms with Gasteiger partial charge in [-0.3, -0.25) is 0 Å². The maximum Gasteiger partial charge on any atom is 0.180 e. The molecule has 5 nitrogen and oxygen atoms in total. The number of hydrogen-bond acceptors (Lipinski definition) is 4. The molecule has 0 aromatic carbocycles. The maximum atomic E-state index is 5.48. The van der Waals surface area contributed by atoms with Crippen LogP contribution in [0.2, 0.25) is 0 Å². The highest BCUT2D eigenvalue weighted by molar-refractivity contribution is 4.73. The molecule has 5 heteroatoms. The van der Waals surface area contributed by atoms with Crippen LogP contribution in [-0.2, 0) is 9.47 Å². The van der Waals surface area contributed by atoms with Gasteiger partial charge in [-0.2, -0.15) is 5.10 Å². The number of nitrogens with zero attached hydrogens (tertiary/aromatic N) is 3. The summed E-state index contributed by atoms with van der Waals surface area (Å²) in [5.41, 5.74) is 0. The van der Waals surface area contributed by atoms with Gasteiger partial charge in [0.2, 0.25) is 0 Å². The summed E-state index contributed by atoms with van der Waals surface area (Å²) in [6, 6.07) is 0.157. The molecule has 0 N–H and O–H groups in total. The van der Waals surface area contributed by atoms with Crippen LogP contribution >= 0.6 is 0 Å². The maximum absolute atomic E-state index is 5.48. The molecule has 1 fully saturated rings. The predicted molar refractivity (Wildman–Crippen MR) is 49.7 cm³/mol. The Morgan fingerprint density at radius 2 is 2.29 bits per heavy atom. The molecule has 1 aliphatic rings. The van der Waals surface area contributed by atoms with E-state index in [1.165, 1.54) is 6.33 Å². The van der Waals surface area contributed by atoms with E-state index >= 15 is 0 Å². The summed E-state index contributed by atoms with van der Waals surface area (Å²) in [5.74, 6) is 0. The second kappa shape index (κ2) is 4.52. The zero-order valence-electron chi connectivity index (χ0n) is 8.30. The Hall–Kier alpha value is -0.940. The third-order valence-corrected chi connectivity index (χ3v) is 2.32. The molecule has 1 saturated heterocycles. The van der Waals surface area contributed by atoms with Gasteiger partial charge in [-0.1, -0.05) is 13.3 Å². The van der Waals surface area contributed by atoms with Crippen LogP contribution in [-0.4, -0.2) is 34.3 Å². The quantitative estimate of drug-likeness (QED) is 0.722. The molecule has 1 aromatic heterocycles. The third-order valence-electron chi connectivity index (χ3n) is 2.32.